The molecule has 3 heterocycles. The molecule has 5 rings (SSSR count). The topological polar surface area (TPSA) is 107 Å². The summed E-state index contributed by atoms with van der Waals surface area (Å²) in [7, 11) is 0. The normalized spacial score (nSPS) is 11.1. The molecule has 1 amide bonds. The second kappa shape index (κ2) is 8.11. The highest BCUT2D eigenvalue weighted by Crippen LogP contribution is 2.24. The number of fused-ring (bicyclic) bond motifs is 1. The van der Waals surface area contributed by atoms with Gasteiger partial charge in [-0.25, -0.2) is 22.7 Å². The zero-order valence-electron chi connectivity index (χ0n) is 16.8. The number of pyridine rings is 1. The molecule has 33 heavy (non-hydrogen) atoms. The second-order valence-corrected chi connectivity index (χ2v) is 7.05. The summed E-state index contributed by atoms with van der Waals surface area (Å²) < 4.78 is 34.3. The Kier molecular flexibility index (Phi) is 4.98. The fourth-order valence-electron chi connectivity index (χ4n) is 3.29. The Bertz CT molecular complexity index is 1560. The lowest BCUT2D eigenvalue weighted by Crippen LogP contribution is -2.28. The standard InChI is InChI=1S/C22H14F2N6O3/c23-14-5-1-4-13(10-14)19-26-21(33-28-19)17-8-3-9-29-20(17)27-30(22(29)32)12-18(31)25-16-7-2-6-15(24)11-16/h1-11H,12H2,(H,25,31). The van der Waals surface area contributed by atoms with E-state index in [4.69, 9.17) is 4.52 Å². The number of hydrogen-bond acceptors (Lipinski definition) is 6. The van der Waals surface area contributed by atoms with Crippen LogP contribution < -0.4 is 11.0 Å². The SMILES string of the molecule is O=C(Cn1nc2c(-c3nc(-c4cccc(F)c4)no3)cccn2c1=O)Nc1cccc(F)c1. The lowest BCUT2D eigenvalue weighted by Gasteiger charge is -2.04. The highest BCUT2D eigenvalue weighted by atomic mass is 19.1. The van der Waals surface area contributed by atoms with Gasteiger partial charge in [0.05, 0.1) is 5.56 Å². The highest BCUT2D eigenvalue weighted by molar-refractivity contribution is 5.90. The van der Waals surface area contributed by atoms with Gasteiger partial charge in [-0.2, -0.15) is 4.98 Å². The maximum atomic E-state index is 13.5. The first kappa shape index (κ1) is 20.2. The average Bonchev–Trinajstić information content (AvgIpc) is 3.39. The van der Waals surface area contributed by atoms with E-state index in [1.807, 2.05) is 0 Å². The first-order chi connectivity index (χ1) is 16.0. The van der Waals surface area contributed by atoms with Crippen molar-refractivity contribution in [1.82, 2.24) is 24.3 Å². The van der Waals surface area contributed by atoms with Crippen LogP contribution in [0.1, 0.15) is 0 Å². The Hall–Kier alpha value is -4.67. The van der Waals surface area contributed by atoms with Crippen LogP contribution in [-0.4, -0.2) is 30.2 Å². The van der Waals surface area contributed by atoms with Gasteiger partial charge in [-0.1, -0.05) is 23.4 Å². The van der Waals surface area contributed by atoms with Crippen molar-refractivity contribution in [2.75, 3.05) is 5.32 Å². The number of aromatic nitrogens is 5. The van der Waals surface area contributed by atoms with E-state index in [-0.39, 0.29) is 23.0 Å². The third-order valence-corrected chi connectivity index (χ3v) is 4.75. The largest absolute Gasteiger partial charge is 0.350 e. The van der Waals surface area contributed by atoms with Gasteiger partial charge in [0.25, 0.3) is 5.89 Å². The van der Waals surface area contributed by atoms with Crippen molar-refractivity contribution < 1.29 is 18.1 Å². The molecule has 0 aliphatic carbocycles. The van der Waals surface area contributed by atoms with Crippen molar-refractivity contribution >= 4 is 17.2 Å². The second-order valence-electron chi connectivity index (χ2n) is 7.05. The van der Waals surface area contributed by atoms with Gasteiger partial charge in [-0.05, 0) is 42.5 Å². The molecular formula is C22H14F2N6O3. The fraction of sp³-hybridized carbons (Fsp3) is 0.0455. The number of amides is 1. The van der Waals surface area contributed by atoms with Crippen molar-refractivity contribution in [1.29, 1.82) is 0 Å². The maximum Gasteiger partial charge on any atom is 0.350 e. The van der Waals surface area contributed by atoms with E-state index in [1.54, 1.807) is 18.2 Å². The minimum Gasteiger partial charge on any atom is -0.333 e. The molecule has 0 saturated heterocycles. The molecule has 5 aromatic rings. The summed E-state index contributed by atoms with van der Waals surface area (Å²) in [4.78, 5) is 29.4. The van der Waals surface area contributed by atoms with Crippen molar-refractivity contribution in [3.63, 3.8) is 0 Å². The number of halogens is 2. The molecule has 9 nitrogen and oxygen atoms in total. The van der Waals surface area contributed by atoms with Gasteiger partial charge in [-0.3, -0.25) is 4.79 Å². The first-order valence-electron chi connectivity index (χ1n) is 9.71. The number of nitrogens with zero attached hydrogens (tertiary/aromatic N) is 5. The van der Waals surface area contributed by atoms with Crippen LogP contribution in [0.25, 0.3) is 28.5 Å². The molecule has 11 heteroatoms. The van der Waals surface area contributed by atoms with E-state index < -0.39 is 29.8 Å². The Morgan fingerprint density at radius 1 is 1.03 bits per heavy atom. The van der Waals surface area contributed by atoms with Crippen LogP contribution in [0.15, 0.2) is 76.2 Å². The van der Waals surface area contributed by atoms with Gasteiger partial charge < -0.3 is 9.84 Å². The Balaban J connectivity index is 1.46. The van der Waals surface area contributed by atoms with Crippen LogP contribution in [0, 0.1) is 11.6 Å². The molecule has 3 aromatic heterocycles. The zero-order valence-corrected chi connectivity index (χ0v) is 16.8. The molecule has 0 spiro atoms. The number of rotatable bonds is 5. The summed E-state index contributed by atoms with van der Waals surface area (Å²) in [5.41, 5.74) is 0.665. The number of anilines is 1. The molecule has 1 N–H and O–H groups in total. The average molecular weight is 448 g/mol. The Morgan fingerprint density at radius 3 is 2.61 bits per heavy atom. The van der Waals surface area contributed by atoms with E-state index in [0.717, 1.165) is 10.7 Å². The van der Waals surface area contributed by atoms with Crippen LogP contribution in [0.4, 0.5) is 14.5 Å². The van der Waals surface area contributed by atoms with Crippen LogP contribution in [0.5, 0.6) is 0 Å². The minimum atomic E-state index is -0.564. The van der Waals surface area contributed by atoms with E-state index >= 15 is 0 Å². The molecule has 0 unspecified atom stereocenters. The predicted molar refractivity (Wildman–Crippen MR) is 113 cm³/mol. The number of hydrogen-bond donors (Lipinski definition) is 1. The third kappa shape index (κ3) is 3.99. The van der Waals surface area contributed by atoms with Gasteiger partial charge in [0.1, 0.15) is 18.2 Å². The summed E-state index contributed by atoms with van der Waals surface area (Å²) in [6, 6.07) is 14.3. The predicted octanol–water partition coefficient (Wildman–Crippen LogP) is 3.13. The Morgan fingerprint density at radius 2 is 1.82 bits per heavy atom. The molecule has 0 bridgehead atoms. The maximum absolute atomic E-state index is 13.5. The Labute approximate surface area is 183 Å². The molecule has 0 radical (unpaired) electrons. The lowest BCUT2D eigenvalue weighted by molar-refractivity contribution is -0.117. The molecule has 0 aliphatic rings. The van der Waals surface area contributed by atoms with E-state index in [9.17, 15) is 18.4 Å². The van der Waals surface area contributed by atoms with Crippen LogP contribution in [0.3, 0.4) is 0 Å². The quantitative estimate of drug-likeness (QED) is 0.443. The number of benzene rings is 2. The summed E-state index contributed by atoms with van der Waals surface area (Å²) in [5.74, 6) is -1.26. The zero-order chi connectivity index (χ0) is 22.9. The van der Waals surface area contributed by atoms with Gasteiger partial charge in [0, 0.05) is 17.4 Å². The van der Waals surface area contributed by atoms with Gasteiger partial charge in [0.15, 0.2) is 5.65 Å². The van der Waals surface area contributed by atoms with Crippen molar-refractivity contribution in [3.8, 4) is 22.8 Å². The van der Waals surface area contributed by atoms with Gasteiger partial charge in [-0.15, -0.1) is 5.10 Å². The van der Waals surface area contributed by atoms with E-state index in [0.29, 0.717) is 11.1 Å². The highest BCUT2D eigenvalue weighted by Gasteiger charge is 2.19. The summed E-state index contributed by atoms with van der Waals surface area (Å²) >= 11 is 0. The van der Waals surface area contributed by atoms with E-state index in [1.165, 1.54) is 47.0 Å². The molecule has 0 atom stereocenters. The van der Waals surface area contributed by atoms with Crippen molar-refractivity contribution in [2.24, 2.45) is 0 Å². The molecule has 0 aliphatic heterocycles. The smallest absolute Gasteiger partial charge is 0.333 e. The summed E-state index contributed by atoms with van der Waals surface area (Å²) in [5, 5.41) is 10.6. The molecule has 0 fully saturated rings. The number of nitrogens with one attached hydrogen (secondary N) is 1. The molecule has 0 saturated carbocycles. The van der Waals surface area contributed by atoms with Crippen LogP contribution in [-0.2, 0) is 11.3 Å². The monoisotopic (exact) mass is 448 g/mol. The van der Waals surface area contributed by atoms with Crippen molar-refractivity contribution in [3.05, 3.63) is 89.0 Å². The third-order valence-electron chi connectivity index (χ3n) is 4.75. The van der Waals surface area contributed by atoms with Gasteiger partial charge in [0.2, 0.25) is 11.7 Å². The summed E-state index contributed by atoms with van der Waals surface area (Å²) in [6.45, 7) is -0.394. The van der Waals surface area contributed by atoms with Crippen molar-refractivity contribution in [2.45, 2.75) is 6.54 Å². The fourth-order valence-corrected chi connectivity index (χ4v) is 3.29. The van der Waals surface area contributed by atoms with Gasteiger partial charge >= 0.3 is 5.69 Å². The molecular weight excluding hydrogens is 434 g/mol. The molecule has 164 valence electrons. The summed E-state index contributed by atoms with van der Waals surface area (Å²) in [6.07, 6.45) is 1.49. The lowest BCUT2D eigenvalue weighted by atomic mass is 10.2. The van der Waals surface area contributed by atoms with Crippen LogP contribution >= 0.6 is 0 Å². The minimum absolute atomic E-state index is 0.0706. The number of carbonyl (C=O) groups excluding carboxylic acids is 1. The van der Waals surface area contributed by atoms with Crippen LogP contribution in [0.2, 0.25) is 0 Å². The number of carbonyl (C=O) groups is 1. The first-order valence-corrected chi connectivity index (χ1v) is 9.71. The van der Waals surface area contributed by atoms with E-state index in [2.05, 4.69) is 20.6 Å². The molecule has 2 aromatic carbocycles.